The second kappa shape index (κ2) is 12.5. The van der Waals surface area contributed by atoms with Crippen molar-refractivity contribution in [3.05, 3.63) is 0 Å². The SMILES string of the molecule is NCCCC[C@H](N)CC(=O)N[C@@H]1[C@H](O)[C@@H](OC(N)=O)[C@@H](CO)O[C@H]1NC1=N[C@@H]2C(=O)NC[C@@H](O)[C@H]2N1. The van der Waals surface area contributed by atoms with Gasteiger partial charge >= 0.3 is 6.09 Å². The molecular weight excluding hydrogens is 480 g/mol. The molecule has 0 unspecified atom stereocenters. The Bertz CT molecular complexity index is 832. The quantitative estimate of drug-likeness (QED) is 0.122. The molecule has 204 valence electrons. The number of primary amides is 1. The fourth-order valence-corrected chi connectivity index (χ4v) is 4.47. The molecule has 2 fully saturated rings. The number of aliphatic hydroxyl groups is 3. The number of carbonyl (C=O) groups is 3. The Balaban J connectivity index is 1.74. The highest BCUT2D eigenvalue weighted by Crippen LogP contribution is 2.24. The summed E-state index contributed by atoms with van der Waals surface area (Å²) in [4.78, 5) is 40.5. The van der Waals surface area contributed by atoms with Crippen LogP contribution >= 0.6 is 0 Å². The molecule has 3 aliphatic rings. The predicted octanol–water partition coefficient (Wildman–Crippen LogP) is -5.36. The Morgan fingerprint density at radius 2 is 2.06 bits per heavy atom. The molecular formula is C20H36N8O8. The summed E-state index contributed by atoms with van der Waals surface area (Å²) in [5, 5.41) is 41.9. The summed E-state index contributed by atoms with van der Waals surface area (Å²) in [7, 11) is 0. The average Bonchev–Trinajstić information content (AvgIpc) is 3.25. The molecule has 0 aromatic rings. The number of rotatable bonds is 10. The molecule has 16 nitrogen and oxygen atoms in total. The van der Waals surface area contributed by atoms with E-state index >= 15 is 0 Å². The van der Waals surface area contributed by atoms with Crippen LogP contribution in [0.3, 0.4) is 0 Å². The van der Waals surface area contributed by atoms with Gasteiger partial charge < -0.3 is 63.3 Å². The van der Waals surface area contributed by atoms with Crippen LogP contribution in [0, 0.1) is 0 Å². The van der Waals surface area contributed by atoms with Crippen LogP contribution in [0.1, 0.15) is 25.7 Å². The minimum Gasteiger partial charge on any atom is -0.441 e. The maximum atomic E-state index is 12.7. The molecule has 3 heterocycles. The largest absolute Gasteiger partial charge is 0.441 e. The number of hydrogen-bond acceptors (Lipinski definition) is 13. The minimum absolute atomic E-state index is 0.0530. The van der Waals surface area contributed by atoms with E-state index in [9.17, 15) is 29.7 Å². The highest BCUT2D eigenvalue weighted by molar-refractivity contribution is 5.92. The Morgan fingerprint density at radius 1 is 1.31 bits per heavy atom. The molecule has 36 heavy (non-hydrogen) atoms. The molecule has 9 atom stereocenters. The van der Waals surface area contributed by atoms with E-state index in [2.05, 4.69) is 26.3 Å². The lowest BCUT2D eigenvalue weighted by atomic mass is 9.95. The summed E-state index contributed by atoms with van der Waals surface area (Å²) in [6.07, 6.45) is -5.37. The van der Waals surface area contributed by atoms with Crippen molar-refractivity contribution in [2.45, 2.75) is 80.5 Å². The lowest BCUT2D eigenvalue weighted by molar-refractivity contribution is -0.198. The van der Waals surface area contributed by atoms with Gasteiger partial charge in [0.15, 0.2) is 24.3 Å². The fraction of sp³-hybridized carbons (Fsp3) is 0.800. The van der Waals surface area contributed by atoms with E-state index in [1.807, 2.05) is 0 Å². The Hall–Kier alpha value is -2.76. The number of carbonyl (C=O) groups excluding carboxylic acids is 3. The van der Waals surface area contributed by atoms with Gasteiger partial charge in [0.1, 0.15) is 18.2 Å². The smallest absolute Gasteiger partial charge is 0.404 e. The Morgan fingerprint density at radius 3 is 2.69 bits per heavy atom. The predicted molar refractivity (Wildman–Crippen MR) is 124 cm³/mol. The van der Waals surface area contributed by atoms with Crippen LogP contribution < -0.4 is 38.5 Å². The van der Waals surface area contributed by atoms with E-state index < -0.39 is 73.4 Å². The van der Waals surface area contributed by atoms with Crippen molar-refractivity contribution in [2.24, 2.45) is 22.2 Å². The molecule has 3 amide bonds. The topological polar surface area (TPSA) is 269 Å². The van der Waals surface area contributed by atoms with Crippen molar-refractivity contribution < 1.29 is 39.2 Å². The van der Waals surface area contributed by atoms with E-state index in [-0.39, 0.29) is 24.8 Å². The zero-order chi connectivity index (χ0) is 26.4. The average molecular weight is 517 g/mol. The van der Waals surface area contributed by atoms with Crippen LogP contribution in [0.2, 0.25) is 0 Å². The molecule has 0 spiro atoms. The first kappa shape index (κ1) is 27.8. The molecule has 16 heteroatoms. The maximum absolute atomic E-state index is 12.7. The lowest BCUT2D eigenvalue weighted by Gasteiger charge is -2.44. The highest BCUT2D eigenvalue weighted by Gasteiger charge is 2.49. The molecule has 3 aliphatic heterocycles. The molecule has 0 bridgehead atoms. The Kier molecular flexibility index (Phi) is 9.63. The first-order chi connectivity index (χ1) is 17.1. The van der Waals surface area contributed by atoms with Gasteiger partial charge in [-0.1, -0.05) is 6.42 Å². The van der Waals surface area contributed by atoms with Crippen molar-refractivity contribution in [2.75, 3.05) is 19.7 Å². The second-order valence-electron chi connectivity index (χ2n) is 9.06. The van der Waals surface area contributed by atoms with Gasteiger partial charge in [0, 0.05) is 19.0 Å². The van der Waals surface area contributed by atoms with Crippen molar-refractivity contribution in [3.63, 3.8) is 0 Å². The first-order valence-electron chi connectivity index (χ1n) is 11.9. The molecule has 0 saturated carbocycles. The second-order valence-corrected chi connectivity index (χ2v) is 9.06. The first-order valence-corrected chi connectivity index (χ1v) is 11.9. The number of amides is 3. The molecule has 3 rings (SSSR count). The van der Waals surface area contributed by atoms with Crippen molar-refractivity contribution in [1.29, 1.82) is 0 Å². The van der Waals surface area contributed by atoms with E-state index in [1.165, 1.54) is 0 Å². The molecule has 0 aromatic carbocycles. The van der Waals surface area contributed by atoms with Gasteiger partial charge in [-0.2, -0.15) is 0 Å². The van der Waals surface area contributed by atoms with Gasteiger partial charge in [-0.3, -0.25) is 9.59 Å². The number of aliphatic imine (C=N–C) groups is 1. The van der Waals surface area contributed by atoms with E-state index in [0.717, 1.165) is 12.8 Å². The van der Waals surface area contributed by atoms with E-state index in [4.69, 9.17) is 26.7 Å². The van der Waals surface area contributed by atoms with Crippen LogP contribution in [0.4, 0.5) is 4.79 Å². The van der Waals surface area contributed by atoms with Gasteiger partial charge in [-0.05, 0) is 19.4 Å². The van der Waals surface area contributed by atoms with Crippen molar-refractivity contribution >= 4 is 23.9 Å². The zero-order valence-corrected chi connectivity index (χ0v) is 19.7. The number of nitrogens with two attached hydrogens (primary N) is 3. The number of nitrogens with one attached hydrogen (secondary N) is 4. The molecule has 0 radical (unpaired) electrons. The van der Waals surface area contributed by atoms with Crippen LogP contribution in [-0.4, -0.2) is 114 Å². The summed E-state index contributed by atoms with van der Waals surface area (Å²) in [6, 6.07) is -3.24. The summed E-state index contributed by atoms with van der Waals surface area (Å²) < 4.78 is 10.7. The standard InChI is InChI=1S/C20H36N8O8/c21-4-2-1-3-8(22)5-11(31)25-14-15(32)16(36-19(23)34)10(7-29)35-18(14)28-20-26-12-9(30)6-24-17(33)13(12)27-20/h8-10,12-16,18,29-30,32H,1-7,21-22H2,(H2,23,34)(H,24,33)(H,25,31)(H2,26,27,28)/t8-,9+,10+,12+,13-,14+,15-,16-,18+/m0/s1. The normalized spacial score (nSPS) is 34.5. The number of nitrogens with zero attached hydrogens (tertiary/aromatic N) is 1. The van der Waals surface area contributed by atoms with Crippen molar-refractivity contribution in [1.82, 2.24) is 21.3 Å². The van der Waals surface area contributed by atoms with Crippen LogP contribution in [0.25, 0.3) is 0 Å². The third-order valence-electron chi connectivity index (χ3n) is 6.31. The van der Waals surface area contributed by atoms with Gasteiger partial charge in [-0.25, -0.2) is 9.79 Å². The molecule has 0 aromatic heterocycles. The van der Waals surface area contributed by atoms with Crippen molar-refractivity contribution in [3.8, 4) is 0 Å². The van der Waals surface area contributed by atoms with Crippen LogP contribution in [0.5, 0.6) is 0 Å². The number of hydrogen-bond donors (Lipinski definition) is 10. The van der Waals surface area contributed by atoms with Crippen LogP contribution in [-0.2, 0) is 19.1 Å². The number of ether oxygens (including phenoxy) is 2. The summed E-state index contributed by atoms with van der Waals surface area (Å²) >= 11 is 0. The van der Waals surface area contributed by atoms with E-state index in [0.29, 0.717) is 13.0 Å². The number of β-amino-alcohol motifs (C(OH)–C–C–N with tert-alkyl or cyclic N) is 1. The highest BCUT2D eigenvalue weighted by atomic mass is 16.6. The third kappa shape index (κ3) is 6.71. The summed E-state index contributed by atoms with van der Waals surface area (Å²) in [5.41, 5.74) is 16.6. The number of aliphatic hydroxyl groups excluding tert-OH is 3. The number of unbranched alkanes of at least 4 members (excludes halogenated alkanes) is 1. The minimum atomic E-state index is -1.54. The molecule has 0 aliphatic carbocycles. The number of guanidine groups is 1. The number of fused-ring (bicyclic) bond motifs is 1. The van der Waals surface area contributed by atoms with Gasteiger partial charge in [0.25, 0.3) is 0 Å². The maximum Gasteiger partial charge on any atom is 0.404 e. The third-order valence-corrected chi connectivity index (χ3v) is 6.31. The van der Waals surface area contributed by atoms with Gasteiger partial charge in [0.2, 0.25) is 11.8 Å². The summed E-state index contributed by atoms with van der Waals surface area (Å²) in [6.45, 7) is -0.0764. The van der Waals surface area contributed by atoms with Gasteiger partial charge in [0.05, 0.1) is 18.8 Å². The van der Waals surface area contributed by atoms with Crippen LogP contribution in [0.15, 0.2) is 4.99 Å². The van der Waals surface area contributed by atoms with E-state index in [1.54, 1.807) is 0 Å². The monoisotopic (exact) mass is 516 g/mol. The Labute approximate surface area is 207 Å². The fourth-order valence-electron chi connectivity index (χ4n) is 4.47. The lowest BCUT2D eigenvalue weighted by Crippen LogP contribution is -2.70. The molecule has 2 saturated heterocycles. The number of piperidine rings is 1. The summed E-state index contributed by atoms with van der Waals surface area (Å²) in [5.74, 6) is -0.808. The van der Waals surface area contributed by atoms with Gasteiger partial charge in [-0.15, -0.1) is 0 Å². The molecule has 13 N–H and O–H groups in total. The zero-order valence-electron chi connectivity index (χ0n) is 19.7.